The average molecular weight is 516 g/mol. The van der Waals surface area contributed by atoms with Crippen molar-refractivity contribution in [3.63, 3.8) is 0 Å². The van der Waals surface area contributed by atoms with Crippen LogP contribution in [0.1, 0.15) is 17.8 Å². The van der Waals surface area contributed by atoms with Gasteiger partial charge in [0.25, 0.3) is 0 Å². The van der Waals surface area contributed by atoms with Gasteiger partial charge in [-0.05, 0) is 93.9 Å². The van der Waals surface area contributed by atoms with Crippen molar-refractivity contribution in [1.29, 1.82) is 0 Å². The fourth-order valence-electron chi connectivity index (χ4n) is 4.69. The first-order valence-electron chi connectivity index (χ1n) is 18.4. The molecule has 2 heterocycles. The van der Waals surface area contributed by atoms with Gasteiger partial charge < -0.3 is 13.9 Å². The topological polar surface area (TPSA) is 46.5 Å². The lowest BCUT2D eigenvalue weighted by atomic mass is 9.95. The van der Waals surface area contributed by atoms with Crippen LogP contribution in [0.15, 0.2) is 136 Å². The van der Waals surface area contributed by atoms with Crippen molar-refractivity contribution in [2.24, 2.45) is 0 Å². The standard InChI is InChI=1S/C36H22O3/c37-28-13-16-36-32(21-28)31-20-27(12-15-35(31)39-36)25-8-4-6-23(18-25)22-5-3-7-24(17-22)26-11-14-34-30(19-26)29-9-1-2-10-33(29)38-34/h1-21,37H/i1D,2D,9D,10D,11D,12D,13D,14D,15D,16D,19D,20D,21D. The molecule has 0 amide bonds. The number of fused-ring (bicyclic) bond motifs is 6. The summed E-state index contributed by atoms with van der Waals surface area (Å²) < 4.78 is 122. The quantitative estimate of drug-likeness (QED) is 0.255. The molecule has 6 aromatic carbocycles. The third kappa shape index (κ3) is 3.59. The maximum atomic E-state index is 10.4. The van der Waals surface area contributed by atoms with Crippen molar-refractivity contribution in [1.82, 2.24) is 0 Å². The van der Waals surface area contributed by atoms with Crippen LogP contribution in [0.3, 0.4) is 0 Å². The molecule has 0 atom stereocenters. The van der Waals surface area contributed by atoms with E-state index in [0.29, 0.717) is 22.3 Å². The van der Waals surface area contributed by atoms with E-state index in [1.165, 1.54) is 0 Å². The Morgan fingerprint density at radius 3 is 1.54 bits per heavy atom. The largest absolute Gasteiger partial charge is 0.508 e. The zero-order chi connectivity index (χ0) is 37.2. The molecule has 184 valence electrons. The van der Waals surface area contributed by atoms with Crippen LogP contribution in [0.2, 0.25) is 0 Å². The van der Waals surface area contributed by atoms with E-state index in [4.69, 9.17) is 26.7 Å². The number of benzene rings is 6. The van der Waals surface area contributed by atoms with Crippen molar-refractivity contribution in [2.75, 3.05) is 0 Å². The van der Waals surface area contributed by atoms with E-state index in [-0.39, 0.29) is 85.2 Å². The molecule has 0 saturated heterocycles. The van der Waals surface area contributed by atoms with Gasteiger partial charge in [0.1, 0.15) is 28.1 Å². The van der Waals surface area contributed by atoms with Crippen molar-refractivity contribution in [2.45, 2.75) is 0 Å². The van der Waals surface area contributed by atoms with E-state index >= 15 is 0 Å². The van der Waals surface area contributed by atoms with Gasteiger partial charge in [-0.15, -0.1) is 0 Å². The van der Waals surface area contributed by atoms with E-state index in [1.54, 1.807) is 48.5 Å². The first-order valence-corrected chi connectivity index (χ1v) is 11.9. The molecule has 0 fully saturated rings. The molecule has 1 N–H and O–H groups in total. The molecule has 0 saturated carbocycles. The van der Waals surface area contributed by atoms with Crippen LogP contribution < -0.4 is 0 Å². The summed E-state index contributed by atoms with van der Waals surface area (Å²) in [4.78, 5) is 0. The van der Waals surface area contributed by atoms with Crippen LogP contribution in [0, 0.1) is 0 Å². The highest BCUT2D eigenvalue weighted by Crippen LogP contribution is 2.36. The first-order chi connectivity index (χ1) is 24.6. The Balaban J connectivity index is 1.31. The minimum Gasteiger partial charge on any atom is -0.508 e. The predicted octanol–water partition coefficient (Wildman–Crippen LogP) is 10.2. The number of hydrogen-bond acceptors (Lipinski definition) is 3. The van der Waals surface area contributed by atoms with Crippen molar-refractivity contribution < 1.29 is 31.8 Å². The van der Waals surface area contributed by atoms with Gasteiger partial charge in [0.15, 0.2) is 0 Å². The summed E-state index contributed by atoms with van der Waals surface area (Å²) in [6.07, 6.45) is 0. The smallest absolute Gasteiger partial charge is 0.135 e. The summed E-state index contributed by atoms with van der Waals surface area (Å²) in [5, 5.41) is 10.1. The summed E-state index contributed by atoms with van der Waals surface area (Å²) >= 11 is 0. The molecule has 39 heavy (non-hydrogen) atoms. The Kier molecular flexibility index (Phi) is 2.68. The maximum absolute atomic E-state index is 10.4. The van der Waals surface area contributed by atoms with E-state index in [1.807, 2.05) is 0 Å². The second-order valence-corrected chi connectivity index (χ2v) is 8.91. The van der Waals surface area contributed by atoms with Crippen LogP contribution in [0.4, 0.5) is 0 Å². The molecule has 3 nitrogen and oxygen atoms in total. The van der Waals surface area contributed by atoms with Crippen LogP contribution >= 0.6 is 0 Å². The predicted molar refractivity (Wildman–Crippen MR) is 159 cm³/mol. The Bertz CT molecular complexity index is 2710. The zero-order valence-electron chi connectivity index (χ0n) is 32.9. The summed E-state index contributed by atoms with van der Waals surface area (Å²) in [6.45, 7) is 0. The minimum absolute atomic E-state index is 0.00893. The highest BCUT2D eigenvalue weighted by molar-refractivity contribution is 6.07. The van der Waals surface area contributed by atoms with E-state index < -0.39 is 54.1 Å². The van der Waals surface area contributed by atoms with Gasteiger partial charge in [-0.3, -0.25) is 0 Å². The summed E-state index contributed by atoms with van der Waals surface area (Å²) in [6, 6.07) is 7.93. The van der Waals surface area contributed by atoms with E-state index in [0.717, 1.165) is 0 Å². The first kappa shape index (κ1) is 12.5. The number of hydrogen-bond donors (Lipinski definition) is 1. The SMILES string of the molecule is [2H]c1c([2H])c([2H])c2c(oc3c([2H])c([2H])c(-c4cccc(-c5cccc(-c6c([2H])c([2H])c7oc8c([2H])c([2H])c(O)c([2H])c8c7c6[2H])c5)c4)c([2H])c32)c1[2H]. The fourth-order valence-corrected chi connectivity index (χ4v) is 4.69. The Hall–Kier alpha value is -5.28. The van der Waals surface area contributed by atoms with Gasteiger partial charge in [-0.25, -0.2) is 0 Å². The van der Waals surface area contributed by atoms with Crippen LogP contribution in [-0.2, 0) is 0 Å². The second-order valence-electron chi connectivity index (χ2n) is 8.91. The second kappa shape index (κ2) is 8.37. The molecular weight excluding hydrogens is 480 g/mol. The minimum atomic E-state index is -0.766. The third-order valence-electron chi connectivity index (χ3n) is 6.52. The normalized spacial score (nSPS) is 16.4. The number of phenols is 1. The lowest BCUT2D eigenvalue weighted by Crippen LogP contribution is -1.84. The highest BCUT2D eigenvalue weighted by Gasteiger charge is 2.11. The Labute approximate surface area is 242 Å². The average Bonchev–Trinajstić information content (AvgIpc) is 3.75. The van der Waals surface area contributed by atoms with Crippen LogP contribution in [-0.4, -0.2) is 5.11 Å². The molecule has 0 bridgehead atoms. The summed E-state index contributed by atoms with van der Waals surface area (Å²) in [5.41, 5.74) is 1.12. The molecule has 8 aromatic rings. The number of aromatic hydroxyl groups is 1. The zero-order valence-corrected chi connectivity index (χ0v) is 19.9. The van der Waals surface area contributed by atoms with Crippen molar-refractivity contribution in [3.8, 4) is 39.1 Å². The van der Waals surface area contributed by atoms with Crippen molar-refractivity contribution in [3.05, 3.63) is 127 Å². The van der Waals surface area contributed by atoms with Gasteiger partial charge in [0.05, 0.1) is 17.8 Å². The Morgan fingerprint density at radius 1 is 0.462 bits per heavy atom. The number of furan rings is 2. The molecule has 0 radical (unpaired) electrons. The van der Waals surface area contributed by atoms with Gasteiger partial charge in [0.2, 0.25) is 0 Å². The summed E-state index contributed by atoms with van der Waals surface area (Å²) in [7, 11) is 0. The molecule has 0 aliphatic rings. The van der Waals surface area contributed by atoms with E-state index in [9.17, 15) is 5.11 Å². The van der Waals surface area contributed by atoms with Crippen LogP contribution in [0.25, 0.3) is 77.3 Å². The number of rotatable bonds is 3. The lowest BCUT2D eigenvalue weighted by molar-refractivity contribution is 0.476. The molecule has 0 aliphatic heterocycles. The third-order valence-corrected chi connectivity index (χ3v) is 6.52. The highest BCUT2D eigenvalue weighted by atomic mass is 16.3. The van der Waals surface area contributed by atoms with Gasteiger partial charge >= 0.3 is 0 Å². The fraction of sp³-hybridized carbons (Fsp3) is 0. The van der Waals surface area contributed by atoms with Crippen LogP contribution in [0.5, 0.6) is 5.75 Å². The monoisotopic (exact) mass is 515 g/mol. The molecule has 2 aromatic heterocycles. The van der Waals surface area contributed by atoms with E-state index in [2.05, 4.69) is 0 Å². The molecular formula is C36H22O3. The molecule has 8 rings (SSSR count). The number of phenolic OH excluding ortho intramolecular Hbond substituents is 1. The van der Waals surface area contributed by atoms with Crippen molar-refractivity contribution >= 4 is 43.9 Å². The van der Waals surface area contributed by atoms with Gasteiger partial charge in [-0.2, -0.15) is 0 Å². The Morgan fingerprint density at radius 2 is 0.923 bits per heavy atom. The lowest BCUT2D eigenvalue weighted by Gasteiger charge is -2.09. The maximum Gasteiger partial charge on any atom is 0.135 e. The number of para-hydroxylation sites is 1. The van der Waals surface area contributed by atoms with Gasteiger partial charge in [0, 0.05) is 21.5 Å². The molecule has 3 heteroatoms. The molecule has 0 unspecified atom stereocenters. The van der Waals surface area contributed by atoms with Gasteiger partial charge in [-0.1, -0.05) is 66.6 Å². The molecule has 0 spiro atoms. The molecule has 0 aliphatic carbocycles. The summed E-state index contributed by atoms with van der Waals surface area (Å²) in [5.74, 6) is -0.766.